The van der Waals surface area contributed by atoms with E-state index in [9.17, 15) is 29.1 Å². The number of nitrogens with zero attached hydrogens (tertiary/aromatic N) is 1. The van der Waals surface area contributed by atoms with Gasteiger partial charge >= 0.3 is 12.1 Å². The Hall–Kier alpha value is -5.19. The number of carbonyl (C=O) groups excluding carboxylic acids is 4. The molecule has 3 rings (SSSR count). The first-order valence-electron chi connectivity index (χ1n) is 12.9. The van der Waals surface area contributed by atoms with Crippen molar-refractivity contribution in [1.82, 2.24) is 16.0 Å². The normalized spacial score (nSPS) is 11.8. The van der Waals surface area contributed by atoms with Crippen LogP contribution in [0.3, 0.4) is 0 Å². The molecule has 11 nitrogen and oxygen atoms in total. The molecule has 214 valence electrons. The highest BCUT2D eigenvalue weighted by Crippen LogP contribution is 2.19. The minimum Gasteiger partial charge on any atom is -0.480 e. The van der Waals surface area contributed by atoms with E-state index in [1.807, 2.05) is 18.2 Å². The molecule has 3 aromatic rings. The molecule has 0 spiro atoms. The van der Waals surface area contributed by atoms with E-state index in [1.165, 1.54) is 11.8 Å². The third kappa shape index (κ3) is 9.81. The number of rotatable bonds is 13. The number of hydrogen-bond acceptors (Lipinski definition) is 6. The molecule has 0 saturated heterocycles. The first-order valence-corrected chi connectivity index (χ1v) is 12.9. The van der Waals surface area contributed by atoms with Crippen molar-refractivity contribution in [2.75, 3.05) is 18.0 Å². The second kappa shape index (κ2) is 15.4. The summed E-state index contributed by atoms with van der Waals surface area (Å²) in [5, 5.41) is 16.6. The van der Waals surface area contributed by atoms with Crippen molar-refractivity contribution in [3.05, 3.63) is 102 Å². The number of aliphatic carboxylic acids is 1. The number of anilines is 1. The Morgan fingerprint density at radius 2 is 1.29 bits per heavy atom. The van der Waals surface area contributed by atoms with Crippen LogP contribution >= 0.6 is 0 Å². The topological polar surface area (TPSA) is 154 Å². The molecule has 2 atom stereocenters. The van der Waals surface area contributed by atoms with Gasteiger partial charge in [-0.1, -0.05) is 78.9 Å². The van der Waals surface area contributed by atoms with Crippen molar-refractivity contribution in [3.8, 4) is 0 Å². The van der Waals surface area contributed by atoms with E-state index in [4.69, 9.17) is 4.74 Å². The molecular weight excluding hydrogens is 528 g/mol. The van der Waals surface area contributed by atoms with Crippen molar-refractivity contribution in [2.24, 2.45) is 0 Å². The zero-order valence-electron chi connectivity index (χ0n) is 22.5. The molecule has 0 aliphatic heterocycles. The zero-order valence-corrected chi connectivity index (χ0v) is 22.5. The van der Waals surface area contributed by atoms with Crippen molar-refractivity contribution in [1.29, 1.82) is 0 Å². The number of para-hydroxylation sites is 1. The Bertz CT molecular complexity index is 1320. The summed E-state index contributed by atoms with van der Waals surface area (Å²) in [4.78, 5) is 63.2. The van der Waals surface area contributed by atoms with Crippen LogP contribution in [0, 0.1) is 0 Å². The van der Waals surface area contributed by atoms with Crippen molar-refractivity contribution >= 4 is 35.5 Å². The smallest absolute Gasteiger partial charge is 0.415 e. The van der Waals surface area contributed by atoms with Crippen LogP contribution < -0.4 is 20.9 Å². The maximum absolute atomic E-state index is 13.0. The lowest BCUT2D eigenvalue weighted by atomic mass is 10.1. The molecule has 0 aliphatic rings. The average molecular weight is 561 g/mol. The van der Waals surface area contributed by atoms with Crippen LogP contribution in [0.25, 0.3) is 0 Å². The van der Waals surface area contributed by atoms with Gasteiger partial charge in [-0.25, -0.2) is 9.59 Å². The molecule has 4 amide bonds. The first kappa shape index (κ1) is 30.4. The standard InChI is InChI=1S/C30H32N4O7/c1-21(34(24-15-9-4-10-16-24)30(40)41-20-23-13-7-3-8-14-23)28(37)32-18-26(35)31-19-27(36)33-25(29(38)39)17-22-11-5-2-6-12-22/h2-16,21,25H,17-20H2,1H3,(H,31,35)(H,32,37)(H,33,36)(H,38,39)/t21-,25-/m0/s1. The van der Waals surface area contributed by atoms with Crippen LogP contribution in [-0.2, 0) is 36.9 Å². The summed E-state index contributed by atoms with van der Waals surface area (Å²) in [5.41, 5.74) is 1.94. The van der Waals surface area contributed by atoms with E-state index < -0.39 is 55.0 Å². The highest BCUT2D eigenvalue weighted by atomic mass is 16.6. The van der Waals surface area contributed by atoms with Crippen LogP contribution in [0.4, 0.5) is 10.5 Å². The molecular formula is C30H32N4O7. The average Bonchev–Trinajstić information content (AvgIpc) is 2.99. The number of carboxylic acid groups (broad SMARTS) is 1. The Morgan fingerprint density at radius 3 is 1.88 bits per heavy atom. The van der Waals surface area contributed by atoms with E-state index in [0.717, 1.165) is 11.1 Å². The lowest BCUT2D eigenvalue weighted by Gasteiger charge is -2.27. The monoisotopic (exact) mass is 560 g/mol. The summed E-state index contributed by atoms with van der Waals surface area (Å²) in [5.74, 6) is -3.20. The quantitative estimate of drug-likeness (QED) is 0.250. The SMILES string of the molecule is C[C@@H](C(=O)NCC(=O)NCC(=O)N[C@@H](Cc1ccccc1)C(=O)O)N(C(=O)OCc1ccccc1)c1ccccc1. The number of carbonyl (C=O) groups is 5. The van der Waals surface area contributed by atoms with Gasteiger partial charge < -0.3 is 25.8 Å². The van der Waals surface area contributed by atoms with Gasteiger partial charge in [0.2, 0.25) is 17.7 Å². The van der Waals surface area contributed by atoms with Crippen molar-refractivity contribution < 1.29 is 33.8 Å². The highest BCUT2D eigenvalue weighted by Gasteiger charge is 2.29. The molecule has 0 aromatic heterocycles. The number of amides is 4. The molecule has 41 heavy (non-hydrogen) atoms. The molecule has 11 heteroatoms. The Labute approximate surface area is 237 Å². The predicted molar refractivity (Wildman–Crippen MR) is 151 cm³/mol. The summed E-state index contributed by atoms with van der Waals surface area (Å²) < 4.78 is 5.43. The van der Waals surface area contributed by atoms with Gasteiger partial charge in [0.05, 0.1) is 13.1 Å². The van der Waals surface area contributed by atoms with Crippen LogP contribution in [0.1, 0.15) is 18.1 Å². The zero-order chi connectivity index (χ0) is 29.6. The number of benzene rings is 3. The molecule has 0 aliphatic carbocycles. The van der Waals surface area contributed by atoms with Gasteiger partial charge in [0.15, 0.2) is 0 Å². The second-order valence-corrected chi connectivity index (χ2v) is 9.06. The third-order valence-corrected chi connectivity index (χ3v) is 5.99. The minimum absolute atomic E-state index is 0.00982. The molecule has 0 unspecified atom stereocenters. The Morgan fingerprint density at radius 1 is 0.756 bits per heavy atom. The van der Waals surface area contributed by atoms with Gasteiger partial charge in [0, 0.05) is 12.1 Å². The summed E-state index contributed by atoms with van der Waals surface area (Å²) >= 11 is 0. The predicted octanol–water partition coefficient (Wildman–Crippen LogP) is 2.26. The minimum atomic E-state index is -1.21. The second-order valence-electron chi connectivity index (χ2n) is 9.06. The van der Waals surface area contributed by atoms with Gasteiger partial charge in [-0.3, -0.25) is 19.3 Å². The Kier molecular flexibility index (Phi) is 11.4. The summed E-state index contributed by atoms with van der Waals surface area (Å²) in [6.07, 6.45) is -0.664. The van der Waals surface area contributed by atoms with Gasteiger partial charge in [-0.2, -0.15) is 0 Å². The Balaban J connectivity index is 1.50. The van der Waals surface area contributed by atoms with Gasteiger partial charge in [-0.15, -0.1) is 0 Å². The fourth-order valence-electron chi connectivity index (χ4n) is 3.83. The van der Waals surface area contributed by atoms with Gasteiger partial charge in [-0.05, 0) is 30.2 Å². The van der Waals surface area contributed by atoms with E-state index in [1.54, 1.807) is 72.8 Å². The van der Waals surface area contributed by atoms with E-state index in [0.29, 0.717) is 5.69 Å². The van der Waals surface area contributed by atoms with Crippen molar-refractivity contribution in [2.45, 2.75) is 32.0 Å². The molecule has 0 heterocycles. The van der Waals surface area contributed by atoms with E-state index in [2.05, 4.69) is 16.0 Å². The van der Waals surface area contributed by atoms with E-state index in [-0.39, 0.29) is 13.0 Å². The van der Waals surface area contributed by atoms with Gasteiger partial charge in [0.25, 0.3) is 0 Å². The number of ether oxygens (including phenoxy) is 1. The summed E-state index contributed by atoms with van der Waals surface area (Å²) in [6.45, 7) is 0.557. The highest BCUT2D eigenvalue weighted by molar-refractivity contribution is 5.98. The molecule has 0 saturated carbocycles. The summed E-state index contributed by atoms with van der Waals surface area (Å²) in [6, 6.07) is 24.2. The maximum atomic E-state index is 13.0. The van der Waals surface area contributed by atoms with Crippen LogP contribution in [0.5, 0.6) is 0 Å². The van der Waals surface area contributed by atoms with E-state index >= 15 is 0 Å². The molecule has 0 bridgehead atoms. The first-order chi connectivity index (χ1) is 19.7. The van der Waals surface area contributed by atoms with Crippen LogP contribution in [-0.4, -0.2) is 60.1 Å². The van der Waals surface area contributed by atoms with Crippen LogP contribution in [0.15, 0.2) is 91.0 Å². The molecule has 4 N–H and O–H groups in total. The van der Waals surface area contributed by atoms with Crippen LogP contribution in [0.2, 0.25) is 0 Å². The largest absolute Gasteiger partial charge is 0.480 e. The number of nitrogens with one attached hydrogen (secondary N) is 3. The van der Waals surface area contributed by atoms with Crippen molar-refractivity contribution in [3.63, 3.8) is 0 Å². The summed E-state index contributed by atoms with van der Waals surface area (Å²) in [7, 11) is 0. The lowest BCUT2D eigenvalue weighted by Crippen LogP contribution is -2.51. The third-order valence-electron chi connectivity index (χ3n) is 5.99. The fraction of sp³-hybridized carbons (Fsp3) is 0.233. The fourth-order valence-corrected chi connectivity index (χ4v) is 3.83. The molecule has 0 radical (unpaired) electrons. The van der Waals surface area contributed by atoms with Gasteiger partial charge in [0.1, 0.15) is 18.7 Å². The maximum Gasteiger partial charge on any atom is 0.415 e. The number of hydrogen-bond donors (Lipinski definition) is 4. The number of carboxylic acids is 1. The lowest BCUT2D eigenvalue weighted by molar-refractivity contribution is -0.141. The molecule has 3 aromatic carbocycles. The molecule has 0 fully saturated rings.